The van der Waals surface area contributed by atoms with Gasteiger partial charge in [0.1, 0.15) is 0 Å². The SMILES string of the molecule is C/C=C(\C)N(C)C[C@H](C)CNC(C)C. The Morgan fingerprint density at radius 1 is 1.36 bits per heavy atom. The second-order valence-corrected chi connectivity index (χ2v) is 4.48. The molecule has 0 rings (SSSR count). The molecule has 0 spiro atoms. The molecule has 2 heteroatoms. The number of nitrogens with zero attached hydrogens (tertiary/aromatic N) is 1. The van der Waals surface area contributed by atoms with Crippen LogP contribution in [0.1, 0.15) is 34.6 Å². The van der Waals surface area contributed by atoms with Crippen molar-refractivity contribution < 1.29 is 0 Å². The standard InChI is InChI=1S/C12H26N2/c1-7-12(5)14(6)9-11(4)8-13-10(2)3/h7,10-11,13H,8-9H2,1-6H3/b12-7+/t11-/m1/s1. The first-order valence-electron chi connectivity index (χ1n) is 5.54. The van der Waals surface area contributed by atoms with Crippen molar-refractivity contribution >= 4 is 0 Å². The van der Waals surface area contributed by atoms with E-state index in [4.69, 9.17) is 0 Å². The van der Waals surface area contributed by atoms with Crippen molar-refractivity contribution in [2.45, 2.75) is 40.7 Å². The predicted octanol–water partition coefficient (Wildman–Crippen LogP) is 2.48. The quantitative estimate of drug-likeness (QED) is 0.705. The van der Waals surface area contributed by atoms with Gasteiger partial charge in [-0.05, 0) is 26.3 Å². The molecule has 0 saturated carbocycles. The normalized spacial score (nSPS) is 14.6. The van der Waals surface area contributed by atoms with Gasteiger partial charge >= 0.3 is 0 Å². The summed E-state index contributed by atoms with van der Waals surface area (Å²) in [6.45, 7) is 13.1. The highest BCUT2D eigenvalue weighted by molar-refractivity contribution is 4.93. The summed E-state index contributed by atoms with van der Waals surface area (Å²) in [6.07, 6.45) is 2.16. The lowest BCUT2D eigenvalue weighted by molar-refractivity contribution is 0.332. The number of allylic oxidation sites excluding steroid dienone is 2. The third-order valence-corrected chi connectivity index (χ3v) is 2.48. The van der Waals surface area contributed by atoms with E-state index in [1.54, 1.807) is 0 Å². The zero-order chi connectivity index (χ0) is 11.1. The van der Waals surface area contributed by atoms with Gasteiger partial charge < -0.3 is 10.2 Å². The van der Waals surface area contributed by atoms with Crippen molar-refractivity contribution in [3.8, 4) is 0 Å². The van der Waals surface area contributed by atoms with Gasteiger partial charge in [0.05, 0.1) is 0 Å². The maximum atomic E-state index is 3.46. The summed E-state index contributed by atoms with van der Waals surface area (Å²) in [5.41, 5.74) is 1.35. The second kappa shape index (κ2) is 6.88. The molecular weight excluding hydrogens is 172 g/mol. The van der Waals surface area contributed by atoms with Crippen LogP contribution < -0.4 is 5.32 Å². The maximum absolute atomic E-state index is 3.46. The fourth-order valence-electron chi connectivity index (χ4n) is 1.33. The number of rotatable bonds is 6. The fourth-order valence-corrected chi connectivity index (χ4v) is 1.33. The minimum absolute atomic E-state index is 0.588. The third-order valence-electron chi connectivity index (χ3n) is 2.48. The van der Waals surface area contributed by atoms with Gasteiger partial charge in [0, 0.05) is 25.3 Å². The molecule has 0 bridgehead atoms. The molecule has 0 radical (unpaired) electrons. The highest BCUT2D eigenvalue weighted by atomic mass is 15.1. The molecule has 84 valence electrons. The van der Waals surface area contributed by atoms with Gasteiger partial charge in [0.25, 0.3) is 0 Å². The molecule has 2 nitrogen and oxygen atoms in total. The predicted molar refractivity (Wildman–Crippen MR) is 64.4 cm³/mol. The summed E-state index contributed by atoms with van der Waals surface area (Å²) in [6, 6.07) is 0.588. The zero-order valence-corrected chi connectivity index (χ0v) is 10.6. The molecule has 1 atom stereocenters. The van der Waals surface area contributed by atoms with Crippen molar-refractivity contribution in [1.82, 2.24) is 10.2 Å². The molecule has 0 unspecified atom stereocenters. The van der Waals surface area contributed by atoms with Gasteiger partial charge in [-0.25, -0.2) is 0 Å². The monoisotopic (exact) mass is 198 g/mol. The smallest absolute Gasteiger partial charge is 0.0209 e. The van der Waals surface area contributed by atoms with Gasteiger partial charge in [-0.1, -0.05) is 26.8 Å². The second-order valence-electron chi connectivity index (χ2n) is 4.48. The Bertz CT molecular complexity index is 173. The minimum Gasteiger partial charge on any atom is -0.378 e. The van der Waals surface area contributed by atoms with E-state index in [2.05, 4.69) is 58.0 Å². The fraction of sp³-hybridized carbons (Fsp3) is 0.833. The van der Waals surface area contributed by atoms with Crippen LogP contribution in [0.4, 0.5) is 0 Å². The summed E-state index contributed by atoms with van der Waals surface area (Å²) in [7, 11) is 2.15. The summed E-state index contributed by atoms with van der Waals surface area (Å²) in [5, 5.41) is 3.46. The maximum Gasteiger partial charge on any atom is 0.0209 e. The largest absolute Gasteiger partial charge is 0.378 e. The van der Waals surface area contributed by atoms with Crippen LogP contribution in [0, 0.1) is 5.92 Å². The Balaban J connectivity index is 3.76. The van der Waals surface area contributed by atoms with Crippen LogP contribution in [-0.4, -0.2) is 31.1 Å². The molecule has 0 heterocycles. The van der Waals surface area contributed by atoms with Gasteiger partial charge in [0.2, 0.25) is 0 Å². The van der Waals surface area contributed by atoms with Crippen molar-refractivity contribution in [1.29, 1.82) is 0 Å². The first-order chi connectivity index (χ1) is 6.47. The van der Waals surface area contributed by atoms with Gasteiger partial charge in [0.15, 0.2) is 0 Å². The number of hydrogen-bond donors (Lipinski definition) is 1. The lowest BCUT2D eigenvalue weighted by Gasteiger charge is -2.24. The molecule has 0 aliphatic carbocycles. The van der Waals surface area contributed by atoms with Crippen molar-refractivity contribution in [3.63, 3.8) is 0 Å². The van der Waals surface area contributed by atoms with E-state index in [9.17, 15) is 0 Å². The van der Waals surface area contributed by atoms with Gasteiger partial charge in [-0.3, -0.25) is 0 Å². The average Bonchev–Trinajstić information content (AvgIpc) is 2.13. The molecule has 0 aliphatic rings. The topological polar surface area (TPSA) is 15.3 Å². The van der Waals surface area contributed by atoms with Crippen molar-refractivity contribution in [2.24, 2.45) is 5.92 Å². The molecule has 0 aromatic rings. The lowest BCUT2D eigenvalue weighted by atomic mass is 10.1. The van der Waals surface area contributed by atoms with E-state index >= 15 is 0 Å². The zero-order valence-electron chi connectivity index (χ0n) is 10.6. The average molecular weight is 198 g/mol. The molecule has 0 aliphatic heterocycles. The molecule has 0 aromatic carbocycles. The first kappa shape index (κ1) is 13.5. The van der Waals surface area contributed by atoms with E-state index in [0.717, 1.165) is 13.1 Å². The van der Waals surface area contributed by atoms with E-state index in [-0.39, 0.29) is 0 Å². The number of hydrogen-bond acceptors (Lipinski definition) is 2. The summed E-state index contributed by atoms with van der Waals surface area (Å²) >= 11 is 0. The Morgan fingerprint density at radius 2 is 1.93 bits per heavy atom. The summed E-state index contributed by atoms with van der Waals surface area (Å²) in [5.74, 6) is 0.692. The first-order valence-corrected chi connectivity index (χ1v) is 5.54. The molecule has 0 fully saturated rings. The van der Waals surface area contributed by atoms with Crippen LogP contribution in [0.2, 0.25) is 0 Å². The van der Waals surface area contributed by atoms with E-state index in [0.29, 0.717) is 12.0 Å². The highest BCUT2D eigenvalue weighted by Gasteiger charge is 2.06. The summed E-state index contributed by atoms with van der Waals surface area (Å²) in [4.78, 5) is 2.31. The van der Waals surface area contributed by atoms with Gasteiger partial charge in [-0.15, -0.1) is 0 Å². The molecule has 0 amide bonds. The Labute approximate surface area is 89.4 Å². The van der Waals surface area contributed by atoms with Crippen LogP contribution in [0.15, 0.2) is 11.8 Å². The van der Waals surface area contributed by atoms with E-state index < -0.39 is 0 Å². The Kier molecular flexibility index (Phi) is 6.64. The highest BCUT2D eigenvalue weighted by Crippen LogP contribution is 2.04. The van der Waals surface area contributed by atoms with Crippen molar-refractivity contribution in [2.75, 3.05) is 20.1 Å². The molecule has 1 N–H and O–H groups in total. The molecular formula is C12H26N2. The van der Waals surface area contributed by atoms with E-state index in [1.165, 1.54) is 5.70 Å². The van der Waals surface area contributed by atoms with Crippen LogP contribution in [0.5, 0.6) is 0 Å². The van der Waals surface area contributed by atoms with Gasteiger partial charge in [-0.2, -0.15) is 0 Å². The van der Waals surface area contributed by atoms with Crippen molar-refractivity contribution in [3.05, 3.63) is 11.8 Å². The third kappa shape index (κ3) is 6.03. The lowest BCUT2D eigenvalue weighted by Crippen LogP contribution is -2.33. The van der Waals surface area contributed by atoms with Crippen LogP contribution in [0.25, 0.3) is 0 Å². The van der Waals surface area contributed by atoms with Crippen LogP contribution in [0.3, 0.4) is 0 Å². The molecule has 14 heavy (non-hydrogen) atoms. The minimum atomic E-state index is 0.588. The summed E-state index contributed by atoms with van der Waals surface area (Å²) < 4.78 is 0. The van der Waals surface area contributed by atoms with Crippen LogP contribution >= 0.6 is 0 Å². The Hall–Kier alpha value is -0.500. The molecule has 0 saturated heterocycles. The number of nitrogens with one attached hydrogen (secondary N) is 1. The van der Waals surface area contributed by atoms with E-state index in [1.807, 2.05) is 0 Å². The van der Waals surface area contributed by atoms with Crippen LogP contribution in [-0.2, 0) is 0 Å². The molecule has 0 aromatic heterocycles. The Morgan fingerprint density at radius 3 is 2.36 bits per heavy atom.